The molecule has 174 valence electrons. The number of ether oxygens (including phenoxy) is 1. The Kier molecular flexibility index (Phi) is 5.70. The van der Waals surface area contributed by atoms with Gasteiger partial charge in [-0.15, -0.1) is 0 Å². The SMILES string of the molecule is Cc1ccc(-c2cc3c(nc(C)n3C3CCS(=O)(=O)C3)c(C(=O)NCC3CCCO3)n2)cc1. The van der Waals surface area contributed by atoms with Crippen LogP contribution in [0.2, 0.25) is 0 Å². The van der Waals surface area contributed by atoms with E-state index in [9.17, 15) is 13.2 Å². The van der Waals surface area contributed by atoms with E-state index in [-0.39, 0.29) is 35.3 Å². The van der Waals surface area contributed by atoms with E-state index in [0.29, 0.717) is 30.0 Å². The first kappa shape index (κ1) is 22.0. The van der Waals surface area contributed by atoms with Gasteiger partial charge in [0, 0.05) is 18.7 Å². The number of carbonyl (C=O) groups is 1. The fraction of sp³-hybridized carbons (Fsp3) is 0.458. The van der Waals surface area contributed by atoms with Gasteiger partial charge in [-0.1, -0.05) is 29.8 Å². The number of amides is 1. The predicted octanol–water partition coefficient (Wildman–Crippen LogP) is 2.98. The first-order valence-electron chi connectivity index (χ1n) is 11.4. The number of aromatic nitrogens is 3. The summed E-state index contributed by atoms with van der Waals surface area (Å²) in [6, 6.07) is 9.68. The van der Waals surface area contributed by atoms with Crippen molar-refractivity contribution in [2.24, 2.45) is 0 Å². The smallest absolute Gasteiger partial charge is 0.272 e. The molecule has 1 N–H and O–H groups in total. The minimum atomic E-state index is -3.08. The molecular weight excluding hydrogens is 440 g/mol. The molecule has 2 fully saturated rings. The average molecular weight is 469 g/mol. The average Bonchev–Trinajstić information content (AvgIpc) is 3.50. The Hall–Kier alpha value is -2.78. The highest BCUT2D eigenvalue weighted by molar-refractivity contribution is 7.91. The van der Waals surface area contributed by atoms with Crippen LogP contribution in [0.5, 0.6) is 0 Å². The molecule has 4 heterocycles. The van der Waals surface area contributed by atoms with Crippen molar-refractivity contribution in [3.05, 3.63) is 47.4 Å². The molecule has 2 atom stereocenters. The summed E-state index contributed by atoms with van der Waals surface area (Å²) >= 11 is 0. The van der Waals surface area contributed by atoms with Crippen LogP contribution in [0.15, 0.2) is 30.3 Å². The van der Waals surface area contributed by atoms with Gasteiger partial charge in [0.25, 0.3) is 5.91 Å². The summed E-state index contributed by atoms with van der Waals surface area (Å²) in [5.41, 5.74) is 4.17. The molecule has 2 aromatic heterocycles. The molecule has 9 heteroatoms. The number of carbonyl (C=O) groups excluding carboxylic acids is 1. The van der Waals surface area contributed by atoms with E-state index in [2.05, 4.69) is 10.3 Å². The van der Waals surface area contributed by atoms with Crippen molar-refractivity contribution in [1.82, 2.24) is 19.9 Å². The summed E-state index contributed by atoms with van der Waals surface area (Å²) in [6.45, 7) is 5.02. The zero-order valence-electron chi connectivity index (χ0n) is 18.9. The van der Waals surface area contributed by atoms with E-state index < -0.39 is 9.84 Å². The molecule has 2 unspecified atom stereocenters. The number of hydrogen-bond donors (Lipinski definition) is 1. The third-order valence-electron chi connectivity index (χ3n) is 6.50. The highest BCUT2D eigenvalue weighted by Crippen LogP contribution is 2.32. The van der Waals surface area contributed by atoms with E-state index in [1.54, 1.807) is 0 Å². The number of benzene rings is 1. The second-order valence-electron chi connectivity index (χ2n) is 9.02. The van der Waals surface area contributed by atoms with Crippen LogP contribution in [-0.2, 0) is 14.6 Å². The highest BCUT2D eigenvalue weighted by Gasteiger charge is 2.32. The number of pyridine rings is 1. The first-order valence-corrected chi connectivity index (χ1v) is 13.2. The zero-order chi connectivity index (χ0) is 23.2. The van der Waals surface area contributed by atoms with Gasteiger partial charge in [0.15, 0.2) is 15.5 Å². The van der Waals surface area contributed by atoms with Gasteiger partial charge >= 0.3 is 0 Å². The first-order chi connectivity index (χ1) is 15.8. The zero-order valence-corrected chi connectivity index (χ0v) is 19.7. The molecule has 2 aliphatic rings. The van der Waals surface area contributed by atoms with Gasteiger partial charge in [0.1, 0.15) is 11.3 Å². The van der Waals surface area contributed by atoms with Crippen molar-refractivity contribution in [2.75, 3.05) is 24.7 Å². The maximum Gasteiger partial charge on any atom is 0.272 e. The standard InChI is InChI=1S/C24H28N4O4S/c1-15-5-7-17(8-6-15)20-12-21-22(23(27-20)24(29)25-13-19-4-3-10-32-19)26-16(2)28(21)18-9-11-33(30,31)14-18/h5-8,12,18-19H,3-4,9-11,13-14H2,1-2H3,(H,25,29). The Bertz CT molecular complexity index is 1310. The van der Waals surface area contributed by atoms with Gasteiger partial charge < -0.3 is 14.6 Å². The van der Waals surface area contributed by atoms with Gasteiger partial charge in [0.05, 0.1) is 34.9 Å². The van der Waals surface area contributed by atoms with Crippen LogP contribution in [0.25, 0.3) is 22.3 Å². The molecule has 2 aliphatic heterocycles. The molecule has 1 aromatic carbocycles. The maximum atomic E-state index is 13.2. The molecule has 1 amide bonds. The second-order valence-corrected chi connectivity index (χ2v) is 11.2. The van der Waals surface area contributed by atoms with Crippen LogP contribution in [0.3, 0.4) is 0 Å². The van der Waals surface area contributed by atoms with Gasteiger partial charge in [-0.3, -0.25) is 4.79 Å². The number of nitrogens with one attached hydrogen (secondary N) is 1. The summed E-state index contributed by atoms with van der Waals surface area (Å²) in [7, 11) is -3.08. The van der Waals surface area contributed by atoms with Crippen LogP contribution in [0.1, 0.15) is 47.2 Å². The fourth-order valence-corrected chi connectivity index (χ4v) is 6.47. The van der Waals surface area contributed by atoms with E-state index in [4.69, 9.17) is 9.72 Å². The molecule has 2 saturated heterocycles. The lowest BCUT2D eigenvalue weighted by molar-refractivity contribution is 0.0855. The lowest BCUT2D eigenvalue weighted by Crippen LogP contribution is -2.32. The van der Waals surface area contributed by atoms with E-state index in [1.165, 1.54) is 0 Å². The molecule has 3 aromatic rings. The summed E-state index contributed by atoms with van der Waals surface area (Å²) in [4.78, 5) is 22.6. The minimum absolute atomic E-state index is 0.0210. The van der Waals surface area contributed by atoms with Crippen molar-refractivity contribution >= 4 is 26.8 Å². The Balaban J connectivity index is 1.60. The number of hydrogen-bond acceptors (Lipinski definition) is 6. The summed E-state index contributed by atoms with van der Waals surface area (Å²) in [5.74, 6) is 0.639. The van der Waals surface area contributed by atoms with Crippen molar-refractivity contribution in [3.63, 3.8) is 0 Å². The highest BCUT2D eigenvalue weighted by atomic mass is 32.2. The summed E-state index contributed by atoms with van der Waals surface area (Å²) in [5, 5.41) is 2.96. The van der Waals surface area contributed by atoms with Gasteiger partial charge in [0.2, 0.25) is 0 Å². The van der Waals surface area contributed by atoms with Crippen LogP contribution in [0, 0.1) is 13.8 Å². The van der Waals surface area contributed by atoms with E-state index in [1.807, 2.05) is 48.7 Å². The molecule has 5 rings (SSSR count). The van der Waals surface area contributed by atoms with Crippen LogP contribution in [-0.4, -0.2) is 59.6 Å². The largest absolute Gasteiger partial charge is 0.376 e. The number of sulfone groups is 1. The maximum absolute atomic E-state index is 13.2. The molecule has 8 nitrogen and oxygen atoms in total. The van der Waals surface area contributed by atoms with Crippen LogP contribution >= 0.6 is 0 Å². The third kappa shape index (κ3) is 4.39. The Labute approximate surface area is 193 Å². The minimum Gasteiger partial charge on any atom is -0.376 e. The Morgan fingerprint density at radius 3 is 2.64 bits per heavy atom. The third-order valence-corrected chi connectivity index (χ3v) is 8.25. The lowest BCUT2D eigenvalue weighted by atomic mass is 10.1. The van der Waals surface area contributed by atoms with Crippen molar-refractivity contribution in [1.29, 1.82) is 0 Å². The second kappa shape index (κ2) is 8.53. The van der Waals surface area contributed by atoms with Crippen molar-refractivity contribution in [3.8, 4) is 11.3 Å². The normalized spacial score (nSPS) is 22.1. The Morgan fingerprint density at radius 1 is 1.18 bits per heavy atom. The molecule has 0 radical (unpaired) electrons. The quantitative estimate of drug-likeness (QED) is 0.618. The molecular formula is C24H28N4O4S. The van der Waals surface area contributed by atoms with E-state index >= 15 is 0 Å². The van der Waals surface area contributed by atoms with Gasteiger partial charge in [-0.2, -0.15) is 0 Å². The number of imidazole rings is 1. The summed E-state index contributed by atoms with van der Waals surface area (Å²) in [6.07, 6.45) is 2.49. The van der Waals surface area contributed by atoms with E-state index in [0.717, 1.165) is 36.1 Å². The topological polar surface area (TPSA) is 103 Å². The monoisotopic (exact) mass is 468 g/mol. The number of fused-ring (bicyclic) bond motifs is 1. The van der Waals surface area contributed by atoms with Gasteiger partial charge in [-0.05, 0) is 39.2 Å². The van der Waals surface area contributed by atoms with Crippen LogP contribution < -0.4 is 5.32 Å². The molecule has 0 bridgehead atoms. The fourth-order valence-electron chi connectivity index (χ4n) is 4.77. The molecule has 0 spiro atoms. The van der Waals surface area contributed by atoms with Crippen molar-refractivity contribution < 1.29 is 17.9 Å². The number of rotatable bonds is 5. The molecule has 33 heavy (non-hydrogen) atoms. The summed E-state index contributed by atoms with van der Waals surface area (Å²) < 4.78 is 31.9. The number of nitrogens with zero attached hydrogens (tertiary/aromatic N) is 3. The Morgan fingerprint density at radius 2 is 1.97 bits per heavy atom. The lowest BCUT2D eigenvalue weighted by Gasteiger charge is -2.15. The predicted molar refractivity (Wildman–Crippen MR) is 126 cm³/mol. The molecule has 0 saturated carbocycles. The van der Waals surface area contributed by atoms with Crippen molar-refractivity contribution in [2.45, 2.75) is 45.3 Å². The number of aryl methyl sites for hydroxylation is 2. The molecule has 0 aliphatic carbocycles. The van der Waals surface area contributed by atoms with Crippen LogP contribution in [0.4, 0.5) is 0 Å². The van der Waals surface area contributed by atoms with Gasteiger partial charge in [-0.25, -0.2) is 18.4 Å².